The molecule has 1 N–H and O–H groups in total. The van der Waals surface area contributed by atoms with Gasteiger partial charge in [-0.1, -0.05) is 52.0 Å². The Bertz CT molecular complexity index is 946. The standard InChI is InChI=1S/C23H32N2O4S/c1-7-21(17-8-14-20(29-5)15-9-17)24-22(26)16-25(30(6,27)28)19-12-10-18(11-13-19)23(2,3)4/h8-15,21H,7,16H2,1-6H3,(H,24,26). The Morgan fingerprint density at radius 1 is 1.07 bits per heavy atom. The number of rotatable bonds is 8. The van der Waals surface area contributed by atoms with E-state index in [1.807, 2.05) is 43.3 Å². The number of ether oxygens (including phenoxy) is 1. The summed E-state index contributed by atoms with van der Waals surface area (Å²) >= 11 is 0. The largest absolute Gasteiger partial charge is 0.497 e. The van der Waals surface area contributed by atoms with Crippen LogP contribution in [0.5, 0.6) is 5.75 Å². The second-order valence-corrected chi connectivity index (χ2v) is 10.3. The Labute approximate surface area is 180 Å². The van der Waals surface area contributed by atoms with Gasteiger partial charge < -0.3 is 10.1 Å². The Hall–Kier alpha value is -2.54. The maximum atomic E-state index is 12.7. The highest BCUT2D eigenvalue weighted by Gasteiger charge is 2.23. The molecule has 0 saturated heterocycles. The van der Waals surface area contributed by atoms with Crippen LogP contribution in [0.1, 0.15) is 51.3 Å². The van der Waals surface area contributed by atoms with Gasteiger partial charge in [0.1, 0.15) is 12.3 Å². The number of anilines is 1. The number of amides is 1. The van der Waals surface area contributed by atoms with Gasteiger partial charge >= 0.3 is 0 Å². The minimum Gasteiger partial charge on any atom is -0.497 e. The van der Waals surface area contributed by atoms with Crippen molar-refractivity contribution in [3.63, 3.8) is 0 Å². The minimum atomic E-state index is -3.62. The van der Waals surface area contributed by atoms with E-state index in [1.165, 1.54) is 0 Å². The fraction of sp³-hybridized carbons (Fsp3) is 0.435. The predicted molar refractivity (Wildman–Crippen MR) is 122 cm³/mol. The van der Waals surface area contributed by atoms with Gasteiger partial charge in [0, 0.05) is 0 Å². The number of hydrogen-bond acceptors (Lipinski definition) is 4. The topological polar surface area (TPSA) is 75.7 Å². The summed E-state index contributed by atoms with van der Waals surface area (Å²) < 4.78 is 31.1. The van der Waals surface area contributed by atoms with E-state index in [4.69, 9.17) is 4.74 Å². The van der Waals surface area contributed by atoms with Crippen molar-refractivity contribution in [1.29, 1.82) is 0 Å². The van der Waals surface area contributed by atoms with E-state index in [9.17, 15) is 13.2 Å². The third-order valence-corrected chi connectivity index (χ3v) is 6.11. The van der Waals surface area contributed by atoms with Gasteiger partial charge in [0.25, 0.3) is 0 Å². The third-order valence-electron chi connectivity index (χ3n) is 4.97. The van der Waals surface area contributed by atoms with Crippen molar-refractivity contribution in [2.75, 3.05) is 24.2 Å². The van der Waals surface area contributed by atoms with Gasteiger partial charge in [-0.05, 0) is 47.2 Å². The van der Waals surface area contributed by atoms with Crippen molar-refractivity contribution in [2.45, 2.75) is 45.6 Å². The number of carbonyl (C=O) groups is 1. The number of carbonyl (C=O) groups excluding carboxylic acids is 1. The molecule has 0 aliphatic carbocycles. The Morgan fingerprint density at radius 2 is 1.63 bits per heavy atom. The summed E-state index contributed by atoms with van der Waals surface area (Å²) in [5.74, 6) is 0.380. The zero-order chi connectivity index (χ0) is 22.5. The molecule has 0 spiro atoms. The maximum Gasteiger partial charge on any atom is 0.241 e. The lowest BCUT2D eigenvalue weighted by molar-refractivity contribution is -0.120. The molecule has 0 heterocycles. The molecule has 1 amide bonds. The number of hydrogen-bond donors (Lipinski definition) is 1. The van der Waals surface area contributed by atoms with Gasteiger partial charge in [0.15, 0.2) is 0 Å². The molecule has 0 aromatic heterocycles. The summed E-state index contributed by atoms with van der Waals surface area (Å²) in [5.41, 5.74) is 2.46. The molecule has 164 valence electrons. The average molecular weight is 433 g/mol. The van der Waals surface area contributed by atoms with Gasteiger partial charge in [-0.3, -0.25) is 9.10 Å². The Kier molecular flexibility index (Phi) is 7.53. The lowest BCUT2D eigenvalue weighted by atomic mass is 9.87. The normalized spacial score (nSPS) is 12.9. The SMILES string of the molecule is CCC(NC(=O)CN(c1ccc(C(C)(C)C)cc1)S(C)(=O)=O)c1ccc(OC)cc1. The molecule has 1 atom stereocenters. The molecule has 2 rings (SSSR count). The molecule has 30 heavy (non-hydrogen) atoms. The molecule has 0 saturated carbocycles. The van der Waals surface area contributed by atoms with E-state index >= 15 is 0 Å². The maximum absolute atomic E-state index is 12.7. The first kappa shape index (κ1) is 23.7. The molecule has 1 unspecified atom stereocenters. The lowest BCUT2D eigenvalue weighted by Crippen LogP contribution is -2.41. The van der Waals surface area contributed by atoms with Crippen molar-refractivity contribution in [1.82, 2.24) is 5.32 Å². The third kappa shape index (κ3) is 6.23. The monoisotopic (exact) mass is 432 g/mol. The second-order valence-electron chi connectivity index (χ2n) is 8.37. The highest BCUT2D eigenvalue weighted by molar-refractivity contribution is 7.92. The summed E-state index contributed by atoms with van der Waals surface area (Å²) in [7, 11) is -2.02. The van der Waals surface area contributed by atoms with E-state index in [-0.39, 0.29) is 23.9 Å². The van der Waals surface area contributed by atoms with Gasteiger partial charge in [0.05, 0.1) is 25.1 Å². The van der Waals surface area contributed by atoms with Crippen molar-refractivity contribution in [3.8, 4) is 5.75 Å². The number of nitrogens with one attached hydrogen (secondary N) is 1. The highest BCUT2D eigenvalue weighted by Crippen LogP contribution is 2.26. The van der Waals surface area contributed by atoms with Gasteiger partial charge in [-0.15, -0.1) is 0 Å². The van der Waals surface area contributed by atoms with Crippen molar-refractivity contribution < 1.29 is 17.9 Å². The van der Waals surface area contributed by atoms with Gasteiger partial charge in [0.2, 0.25) is 15.9 Å². The van der Waals surface area contributed by atoms with Crippen LogP contribution in [0.15, 0.2) is 48.5 Å². The quantitative estimate of drug-likeness (QED) is 0.683. The van der Waals surface area contributed by atoms with Crippen LogP contribution >= 0.6 is 0 Å². The Balaban J connectivity index is 2.18. The van der Waals surface area contributed by atoms with Gasteiger partial charge in [-0.25, -0.2) is 8.42 Å². The van der Waals surface area contributed by atoms with Gasteiger partial charge in [-0.2, -0.15) is 0 Å². The first-order valence-electron chi connectivity index (χ1n) is 9.97. The van der Waals surface area contributed by atoms with E-state index in [0.717, 1.165) is 27.4 Å². The van der Waals surface area contributed by atoms with Crippen molar-refractivity contribution >= 4 is 21.6 Å². The molecule has 0 aliphatic heterocycles. The second kappa shape index (κ2) is 9.51. The van der Waals surface area contributed by atoms with Crippen LogP contribution in [-0.2, 0) is 20.2 Å². The molecule has 7 heteroatoms. The zero-order valence-electron chi connectivity index (χ0n) is 18.6. The van der Waals surface area contributed by atoms with Crippen LogP contribution < -0.4 is 14.4 Å². The fourth-order valence-corrected chi connectivity index (χ4v) is 4.01. The lowest BCUT2D eigenvalue weighted by Gasteiger charge is -2.25. The average Bonchev–Trinajstić information content (AvgIpc) is 2.69. The van der Waals surface area contributed by atoms with Crippen LogP contribution in [-0.4, -0.2) is 34.2 Å². The zero-order valence-corrected chi connectivity index (χ0v) is 19.4. The molecule has 0 radical (unpaired) electrons. The van der Waals surface area contributed by atoms with Crippen LogP contribution in [0, 0.1) is 0 Å². The molecular formula is C23H32N2O4S. The van der Waals surface area contributed by atoms with E-state index in [0.29, 0.717) is 12.1 Å². The first-order chi connectivity index (χ1) is 14.0. The molecule has 2 aromatic rings. The van der Waals surface area contributed by atoms with E-state index in [2.05, 4.69) is 26.1 Å². The van der Waals surface area contributed by atoms with E-state index in [1.54, 1.807) is 19.2 Å². The van der Waals surface area contributed by atoms with Crippen LogP contribution in [0.25, 0.3) is 0 Å². The summed E-state index contributed by atoms with van der Waals surface area (Å²) in [6, 6.07) is 14.5. The number of benzene rings is 2. The molecule has 2 aromatic carbocycles. The molecule has 0 bridgehead atoms. The minimum absolute atomic E-state index is 0.0431. The predicted octanol–water partition coefficient (Wildman–Crippen LogP) is 4.03. The molecule has 6 nitrogen and oxygen atoms in total. The van der Waals surface area contributed by atoms with Crippen LogP contribution in [0.4, 0.5) is 5.69 Å². The van der Waals surface area contributed by atoms with Crippen LogP contribution in [0.3, 0.4) is 0 Å². The summed E-state index contributed by atoms with van der Waals surface area (Å²) in [6.45, 7) is 7.96. The highest BCUT2D eigenvalue weighted by atomic mass is 32.2. The van der Waals surface area contributed by atoms with Crippen molar-refractivity contribution in [2.24, 2.45) is 0 Å². The first-order valence-corrected chi connectivity index (χ1v) is 11.8. The van der Waals surface area contributed by atoms with E-state index < -0.39 is 10.0 Å². The smallest absolute Gasteiger partial charge is 0.241 e. The number of methoxy groups -OCH3 is 1. The summed E-state index contributed by atoms with van der Waals surface area (Å²) in [4.78, 5) is 12.7. The molecular weight excluding hydrogens is 400 g/mol. The van der Waals surface area contributed by atoms with Crippen LogP contribution in [0.2, 0.25) is 0 Å². The summed E-state index contributed by atoms with van der Waals surface area (Å²) in [6.07, 6.45) is 1.79. The Morgan fingerprint density at radius 3 is 2.07 bits per heavy atom. The fourth-order valence-electron chi connectivity index (χ4n) is 3.16. The number of nitrogens with zero attached hydrogens (tertiary/aromatic N) is 1. The summed E-state index contributed by atoms with van der Waals surface area (Å²) in [5, 5.41) is 2.94. The van der Waals surface area contributed by atoms with Crippen molar-refractivity contribution in [3.05, 3.63) is 59.7 Å². The number of sulfonamides is 1. The molecule has 0 aliphatic rings. The molecule has 0 fully saturated rings.